The monoisotopic (exact) mass is 356 g/mol. The van der Waals surface area contributed by atoms with Crippen molar-refractivity contribution in [3.8, 4) is 0 Å². The van der Waals surface area contributed by atoms with Gasteiger partial charge in [0.2, 0.25) is 11.8 Å². The van der Waals surface area contributed by atoms with Crippen LogP contribution < -0.4 is 10.6 Å². The highest BCUT2D eigenvalue weighted by Crippen LogP contribution is 2.22. The quantitative estimate of drug-likeness (QED) is 0.695. The summed E-state index contributed by atoms with van der Waals surface area (Å²) >= 11 is 1.46. The summed E-state index contributed by atoms with van der Waals surface area (Å²) in [6.07, 6.45) is 1.10. The minimum absolute atomic E-state index is 0.0350. The van der Waals surface area contributed by atoms with Gasteiger partial charge in [0.25, 0.3) is 0 Å². The first kappa shape index (κ1) is 19.1. The predicted octanol–water partition coefficient (Wildman–Crippen LogP) is 4.89. The van der Waals surface area contributed by atoms with E-state index in [-0.39, 0.29) is 11.8 Å². The molecule has 0 heterocycles. The molecule has 0 spiro atoms. The molecule has 0 aliphatic carbocycles. The van der Waals surface area contributed by atoms with Crippen molar-refractivity contribution in [3.05, 3.63) is 54.1 Å². The third kappa shape index (κ3) is 6.27. The van der Waals surface area contributed by atoms with Gasteiger partial charge in [0.1, 0.15) is 0 Å². The normalized spacial score (nSPS) is 11.6. The van der Waals surface area contributed by atoms with Gasteiger partial charge >= 0.3 is 0 Å². The number of nitrogens with one attached hydrogen (secondary N) is 2. The maximum absolute atomic E-state index is 12.1. The van der Waals surface area contributed by atoms with Gasteiger partial charge in [0, 0.05) is 23.2 Å². The molecule has 0 radical (unpaired) electrons. The first-order chi connectivity index (χ1) is 12.0. The molecule has 0 saturated carbocycles. The van der Waals surface area contributed by atoms with Crippen molar-refractivity contribution in [2.45, 2.75) is 38.0 Å². The van der Waals surface area contributed by atoms with E-state index in [9.17, 15) is 9.59 Å². The molecule has 2 aromatic rings. The summed E-state index contributed by atoms with van der Waals surface area (Å²) < 4.78 is 0. The van der Waals surface area contributed by atoms with Crippen molar-refractivity contribution in [2.75, 3.05) is 16.4 Å². The van der Waals surface area contributed by atoms with E-state index in [2.05, 4.69) is 36.6 Å². The lowest BCUT2D eigenvalue weighted by molar-refractivity contribution is -0.114. The van der Waals surface area contributed by atoms with Gasteiger partial charge in [-0.05, 0) is 54.3 Å². The molecule has 0 aromatic heterocycles. The molecule has 5 heteroatoms. The molecule has 0 aliphatic rings. The smallest absolute Gasteiger partial charge is 0.234 e. The molecule has 2 N–H and O–H groups in total. The Morgan fingerprint density at radius 3 is 2.08 bits per heavy atom. The first-order valence-electron chi connectivity index (χ1n) is 8.38. The second-order valence-electron chi connectivity index (χ2n) is 5.97. The average Bonchev–Trinajstić information content (AvgIpc) is 2.60. The molecular weight excluding hydrogens is 332 g/mol. The van der Waals surface area contributed by atoms with Gasteiger partial charge in [-0.1, -0.05) is 26.0 Å². The molecule has 132 valence electrons. The van der Waals surface area contributed by atoms with Gasteiger partial charge in [0.05, 0.1) is 5.75 Å². The summed E-state index contributed by atoms with van der Waals surface area (Å²) in [7, 11) is 0. The van der Waals surface area contributed by atoms with Crippen LogP contribution in [0.2, 0.25) is 0 Å². The van der Waals surface area contributed by atoms with Crippen LogP contribution in [0.25, 0.3) is 0 Å². The molecule has 25 heavy (non-hydrogen) atoms. The molecule has 0 aliphatic heterocycles. The lowest BCUT2D eigenvalue weighted by Gasteiger charge is -2.10. The van der Waals surface area contributed by atoms with E-state index in [1.54, 1.807) is 0 Å². The summed E-state index contributed by atoms with van der Waals surface area (Å²) in [6.45, 7) is 5.84. The average molecular weight is 356 g/mol. The van der Waals surface area contributed by atoms with Crippen molar-refractivity contribution in [1.82, 2.24) is 0 Å². The predicted molar refractivity (Wildman–Crippen MR) is 105 cm³/mol. The number of anilines is 2. The number of thioether (sulfide) groups is 1. The fourth-order valence-corrected chi connectivity index (χ4v) is 3.01. The Hall–Kier alpha value is -2.27. The van der Waals surface area contributed by atoms with Crippen LogP contribution in [0.1, 0.15) is 38.7 Å². The zero-order chi connectivity index (χ0) is 18.2. The third-order valence-electron chi connectivity index (χ3n) is 3.92. The third-order valence-corrected chi connectivity index (χ3v) is 4.93. The Bertz CT molecular complexity index is 711. The van der Waals surface area contributed by atoms with Crippen molar-refractivity contribution in [3.63, 3.8) is 0 Å². The maximum Gasteiger partial charge on any atom is 0.234 e. The van der Waals surface area contributed by atoms with Gasteiger partial charge in [-0.15, -0.1) is 11.8 Å². The van der Waals surface area contributed by atoms with Gasteiger partial charge < -0.3 is 10.6 Å². The Morgan fingerprint density at radius 2 is 1.52 bits per heavy atom. The molecule has 4 nitrogen and oxygen atoms in total. The summed E-state index contributed by atoms with van der Waals surface area (Å²) in [5.41, 5.74) is 2.86. The summed E-state index contributed by atoms with van der Waals surface area (Å²) in [6, 6.07) is 15.5. The summed E-state index contributed by atoms with van der Waals surface area (Å²) in [5, 5.41) is 5.64. The molecule has 0 saturated heterocycles. The molecule has 1 atom stereocenters. The highest BCUT2D eigenvalue weighted by atomic mass is 32.2. The topological polar surface area (TPSA) is 58.2 Å². The fraction of sp³-hybridized carbons (Fsp3) is 0.300. The lowest BCUT2D eigenvalue weighted by atomic mass is 9.99. The second-order valence-corrected chi connectivity index (χ2v) is 7.02. The molecule has 2 amide bonds. The number of rotatable bonds is 7. The van der Waals surface area contributed by atoms with E-state index in [1.165, 1.54) is 24.2 Å². The number of benzene rings is 2. The second kappa shape index (κ2) is 9.28. The van der Waals surface area contributed by atoms with Crippen LogP contribution in [0.4, 0.5) is 11.4 Å². The molecular formula is C20H24N2O2S. The number of carbonyl (C=O) groups excluding carboxylic acids is 2. The number of amides is 2. The van der Waals surface area contributed by atoms with E-state index in [4.69, 9.17) is 0 Å². The lowest BCUT2D eigenvalue weighted by Crippen LogP contribution is -2.14. The van der Waals surface area contributed by atoms with E-state index in [0.717, 1.165) is 22.7 Å². The maximum atomic E-state index is 12.1. The van der Waals surface area contributed by atoms with Crippen molar-refractivity contribution in [2.24, 2.45) is 0 Å². The summed E-state index contributed by atoms with van der Waals surface area (Å²) in [4.78, 5) is 24.1. The highest BCUT2D eigenvalue weighted by Gasteiger charge is 2.06. The zero-order valence-corrected chi connectivity index (χ0v) is 15.7. The van der Waals surface area contributed by atoms with Crippen LogP contribution in [0.15, 0.2) is 53.4 Å². The minimum atomic E-state index is -0.0980. The Balaban J connectivity index is 1.83. The first-order valence-corrected chi connectivity index (χ1v) is 9.36. The zero-order valence-electron chi connectivity index (χ0n) is 14.8. The Morgan fingerprint density at radius 1 is 0.960 bits per heavy atom. The van der Waals surface area contributed by atoms with Crippen molar-refractivity contribution in [1.29, 1.82) is 0 Å². The van der Waals surface area contributed by atoms with E-state index in [1.807, 2.05) is 36.4 Å². The van der Waals surface area contributed by atoms with Crippen LogP contribution in [0, 0.1) is 0 Å². The highest BCUT2D eigenvalue weighted by molar-refractivity contribution is 8.00. The summed E-state index contributed by atoms with van der Waals surface area (Å²) in [5.74, 6) is 0.735. The molecule has 2 rings (SSSR count). The SMILES string of the molecule is CCC(C)c1ccc(NC(=O)CSc2ccc(NC(C)=O)cc2)cc1. The molecule has 0 fully saturated rings. The van der Waals surface area contributed by atoms with Crippen LogP contribution in [0.5, 0.6) is 0 Å². The van der Waals surface area contributed by atoms with E-state index in [0.29, 0.717) is 11.7 Å². The van der Waals surface area contributed by atoms with Crippen molar-refractivity contribution >= 4 is 35.0 Å². The Labute approximate surface area is 153 Å². The minimum Gasteiger partial charge on any atom is -0.326 e. The number of carbonyl (C=O) groups is 2. The molecule has 1 unspecified atom stereocenters. The molecule has 2 aromatic carbocycles. The van der Waals surface area contributed by atoms with Crippen LogP contribution >= 0.6 is 11.8 Å². The largest absolute Gasteiger partial charge is 0.326 e. The van der Waals surface area contributed by atoms with Gasteiger partial charge in [0.15, 0.2) is 0 Å². The van der Waals surface area contributed by atoms with Crippen LogP contribution in [-0.2, 0) is 9.59 Å². The van der Waals surface area contributed by atoms with Gasteiger partial charge in [-0.2, -0.15) is 0 Å². The van der Waals surface area contributed by atoms with E-state index >= 15 is 0 Å². The fourth-order valence-electron chi connectivity index (χ4n) is 2.31. The van der Waals surface area contributed by atoms with Crippen molar-refractivity contribution < 1.29 is 9.59 Å². The molecule has 0 bridgehead atoms. The number of hydrogen-bond donors (Lipinski definition) is 2. The number of hydrogen-bond acceptors (Lipinski definition) is 3. The van der Waals surface area contributed by atoms with Gasteiger partial charge in [-0.3, -0.25) is 9.59 Å². The Kier molecular flexibility index (Phi) is 7.07. The van der Waals surface area contributed by atoms with Gasteiger partial charge in [-0.25, -0.2) is 0 Å². The van der Waals surface area contributed by atoms with Crippen LogP contribution in [0.3, 0.4) is 0 Å². The standard InChI is InChI=1S/C20H24N2O2S/c1-4-14(2)16-5-7-18(8-6-16)22-20(24)13-25-19-11-9-17(10-12-19)21-15(3)23/h5-12,14H,4,13H2,1-3H3,(H,21,23)(H,22,24). The van der Waals surface area contributed by atoms with E-state index < -0.39 is 0 Å². The van der Waals surface area contributed by atoms with Crippen LogP contribution in [-0.4, -0.2) is 17.6 Å².